The van der Waals surface area contributed by atoms with Crippen LogP contribution in [0.2, 0.25) is 0 Å². The van der Waals surface area contributed by atoms with Crippen LogP contribution >= 0.6 is 0 Å². The number of rotatable bonds is 2. The van der Waals surface area contributed by atoms with E-state index in [1.807, 2.05) is 30.3 Å². The van der Waals surface area contributed by atoms with Crippen molar-refractivity contribution >= 4 is 16.7 Å². The number of carbonyl (C=O) groups excluding carboxylic acids is 1. The average Bonchev–Trinajstić information content (AvgIpc) is 2.52. The summed E-state index contributed by atoms with van der Waals surface area (Å²) >= 11 is 0. The molecule has 0 spiro atoms. The van der Waals surface area contributed by atoms with Gasteiger partial charge in [0.15, 0.2) is 17.2 Å². The van der Waals surface area contributed by atoms with Gasteiger partial charge in [-0.3, -0.25) is 0 Å². The van der Waals surface area contributed by atoms with E-state index in [4.69, 9.17) is 4.74 Å². The number of hydrogen-bond donors (Lipinski definition) is 3. The smallest absolute Gasteiger partial charge is 0.343 e. The SMILES string of the molecule is O=C(Oc1cccc2ccccc12)c1cc(O)c(O)c(O)c1. The van der Waals surface area contributed by atoms with E-state index in [0.29, 0.717) is 5.75 Å². The molecule has 22 heavy (non-hydrogen) atoms. The number of phenolic OH excluding ortho intramolecular Hbond substituents is 3. The Kier molecular flexibility index (Phi) is 3.31. The standard InChI is InChI=1S/C17H12O5/c18-13-8-11(9-14(19)16(13)20)17(21)22-15-7-3-5-10-4-1-2-6-12(10)15/h1-9,18-20H. The Hall–Kier alpha value is -3.21. The van der Waals surface area contributed by atoms with Crippen molar-refractivity contribution in [2.45, 2.75) is 0 Å². The number of hydrogen-bond acceptors (Lipinski definition) is 5. The number of fused-ring (bicyclic) bond motifs is 1. The molecule has 0 atom stereocenters. The quantitative estimate of drug-likeness (QED) is 0.384. The molecule has 0 amide bonds. The molecule has 3 aromatic carbocycles. The molecule has 0 aromatic heterocycles. The molecule has 0 saturated heterocycles. The lowest BCUT2D eigenvalue weighted by Crippen LogP contribution is -2.08. The van der Waals surface area contributed by atoms with Crippen LogP contribution in [0.4, 0.5) is 0 Å². The highest BCUT2D eigenvalue weighted by Crippen LogP contribution is 2.36. The van der Waals surface area contributed by atoms with Crippen LogP contribution < -0.4 is 4.74 Å². The van der Waals surface area contributed by atoms with Gasteiger partial charge in [-0.25, -0.2) is 4.79 Å². The van der Waals surface area contributed by atoms with Crippen LogP contribution in [0.25, 0.3) is 10.8 Å². The summed E-state index contributed by atoms with van der Waals surface area (Å²) in [6.45, 7) is 0. The predicted molar refractivity (Wildman–Crippen MR) is 80.3 cm³/mol. The van der Waals surface area contributed by atoms with Gasteiger partial charge in [0, 0.05) is 5.39 Å². The summed E-state index contributed by atoms with van der Waals surface area (Å²) in [5.74, 6) is -2.24. The minimum absolute atomic E-state index is 0.0688. The molecule has 0 radical (unpaired) electrons. The normalized spacial score (nSPS) is 10.5. The first-order valence-electron chi connectivity index (χ1n) is 6.51. The van der Waals surface area contributed by atoms with Crippen LogP contribution in [0.15, 0.2) is 54.6 Å². The van der Waals surface area contributed by atoms with E-state index >= 15 is 0 Å². The maximum Gasteiger partial charge on any atom is 0.343 e. The Morgan fingerprint density at radius 1 is 0.864 bits per heavy atom. The summed E-state index contributed by atoms with van der Waals surface area (Å²) in [6.07, 6.45) is 0. The second-order valence-electron chi connectivity index (χ2n) is 4.73. The van der Waals surface area contributed by atoms with Gasteiger partial charge in [-0.15, -0.1) is 0 Å². The molecule has 5 heteroatoms. The number of esters is 1. The summed E-state index contributed by atoms with van der Waals surface area (Å²) < 4.78 is 5.32. The van der Waals surface area contributed by atoms with Crippen molar-refractivity contribution in [1.29, 1.82) is 0 Å². The number of ether oxygens (including phenoxy) is 1. The highest BCUT2D eigenvalue weighted by Gasteiger charge is 2.16. The summed E-state index contributed by atoms with van der Waals surface area (Å²) in [5.41, 5.74) is -0.0688. The second-order valence-corrected chi connectivity index (χ2v) is 4.73. The third-order valence-corrected chi connectivity index (χ3v) is 3.26. The maximum atomic E-state index is 12.1. The first kappa shape index (κ1) is 13.8. The zero-order chi connectivity index (χ0) is 15.7. The molecule has 0 fully saturated rings. The van der Waals surface area contributed by atoms with Crippen LogP contribution in [-0.2, 0) is 0 Å². The van der Waals surface area contributed by atoms with E-state index in [0.717, 1.165) is 22.9 Å². The second kappa shape index (κ2) is 5.29. The first-order chi connectivity index (χ1) is 10.6. The van der Waals surface area contributed by atoms with Crippen molar-refractivity contribution in [3.8, 4) is 23.0 Å². The van der Waals surface area contributed by atoms with Crippen molar-refractivity contribution in [3.05, 3.63) is 60.2 Å². The Morgan fingerprint density at radius 2 is 1.50 bits per heavy atom. The molecular weight excluding hydrogens is 284 g/mol. The van der Waals surface area contributed by atoms with E-state index in [1.165, 1.54) is 0 Å². The molecular formula is C17H12O5. The van der Waals surface area contributed by atoms with Gasteiger partial charge >= 0.3 is 5.97 Å². The van der Waals surface area contributed by atoms with Crippen molar-refractivity contribution in [3.63, 3.8) is 0 Å². The lowest BCUT2D eigenvalue weighted by Gasteiger charge is -2.09. The Balaban J connectivity index is 1.97. The summed E-state index contributed by atoms with van der Waals surface area (Å²) in [7, 11) is 0. The zero-order valence-electron chi connectivity index (χ0n) is 11.4. The van der Waals surface area contributed by atoms with E-state index in [9.17, 15) is 20.1 Å². The molecule has 0 unspecified atom stereocenters. The van der Waals surface area contributed by atoms with Gasteiger partial charge in [0.1, 0.15) is 5.75 Å². The van der Waals surface area contributed by atoms with Crippen LogP contribution in [0, 0.1) is 0 Å². The van der Waals surface area contributed by atoms with Crippen LogP contribution in [0.5, 0.6) is 23.0 Å². The fourth-order valence-electron chi connectivity index (χ4n) is 2.17. The minimum atomic E-state index is -0.748. The Morgan fingerprint density at radius 3 is 2.23 bits per heavy atom. The summed E-state index contributed by atoms with van der Waals surface area (Å²) in [4.78, 5) is 12.1. The highest BCUT2D eigenvalue weighted by atomic mass is 16.5. The fraction of sp³-hybridized carbons (Fsp3) is 0. The molecule has 3 aromatic rings. The lowest BCUT2D eigenvalue weighted by molar-refractivity contribution is 0.0736. The monoisotopic (exact) mass is 296 g/mol. The van der Waals surface area contributed by atoms with Crippen molar-refractivity contribution in [2.75, 3.05) is 0 Å². The van der Waals surface area contributed by atoms with Crippen LogP contribution in [0.1, 0.15) is 10.4 Å². The molecule has 0 saturated carbocycles. The first-order valence-corrected chi connectivity index (χ1v) is 6.51. The summed E-state index contributed by atoms with van der Waals surface area (Å²) in [6, 6.07) is 14.8. The maximum absolute atomic E-state index is 12.1. The van der Waals surface area contributed by atoms with E-state index < -0.39 is 23.2 Å². The highest BCUT2D eigenvalue weighted by molar-refractivity contribution is 5.96. The molecule has 3 rings (SSSR count). The zero-order valence-corrected chi connectivity index (χ0v) is 11.4. The third kappa shape index (κ3) is 2.40. The van der Waals surface area contributed by atoms with Crippen molar-refractivity contribution < 1.29 is 24.9 Å². The molecule has 0 bridgehead atoms. The number of aromatic hydroxyl groups is 3. The molecule has 0 aliphatic rings. The van der Waals surface area contributed by atoms with Gasteiger partial charge < -0.3 is 20.1 Å². The summed E-state index contributed by atoms with van der Waals surface area (Å²) in [5, 5.41) is 29.9. The molecule has 5 nitrogen and oxygen atoms in total. The fourth-order valence-corrected chi connectivity index (χ4v) is 2.17. The molecule has 3 N–H and O–H groups in total. The van der Waals surface area contributed by atoms with Gasteiger partial charge in [0.05, 0.1) is 5.56 Å². The minimum Gasteiger partial charge on any atom is -0.504 e. The van der Waals surface area contributed by atoms with E-state index in [-0.39, 0.29) is 5.56 Å². The topological polar surface area (TPSA) is 87.0 Å². The van der Waals surface area contributed by atoms with Gasteiger partial charge in [-0.05, 0) is 23.6 Å². The third-order valence-electron chi connectivity index (χ3n) is 3.26. The van der Waals surface area contributed by atoms with E-state index in [1.54, 1.807) is 12.1 Å². The molecule has 0 heterocycles. The van der Waals surface area contributed by atoms with Gasteiger partial charge in [0.25, 0.3) is 0 Å². The molecule has 110 valence electrons. The van der Waals surface area contributed by atoms with Crippen LogP contribution in [-0.4, -0.2) is 21.3 Å². The van der Waals surface area contributed by atoms with Crippen molar-refractivity contribution in [1.82, 2.24) is 0 Å². The van der Waals surface area contributed by atoms with Gasteiger partial charge in [-0.1, -0.05) is 36.4 Å². The lowest BCUT2D eigenvalue weighted by atomic mass is 10.1. The Bertz CT molecular complexity index is 842. The number of phenols is 3. The molecule has 0 aliphatic carbocycles. The Labute approximate surface area is 125 Å². The van der Waals surface area contributed by atoms with Crippen molar-refractivity contribution in [2.24, 2.45) is 0 Å². The number of carbonyl (C=O) groups is 1. The molecule has 0 aliphatic heterocycles. The average molecular weight is 296 g/mol. The van der Waals surface area contributed by atoms with Gasteiger partial charge in [0.2, 0.25) is 0 Å². The predicted octanol–water partition coefficient (Wildman–Crippen LogP) is 3.18. The van der Waals surface area contributed by atoms with E-state index in [2.05, 4.69) is 0 Å². The van der Waals surface area contributed by atoms with Gasteiger partial charge in [-0.2, -0.15) is 0 Å². The largest absolute Gasteiger partial charge is 0.504 e. The van der Waals surface area contributed by atoms with Crippen LogP contribution in [0.3, 0.4) is 0 Å². The number of benzene rings is 3.